The molecule has 3 rings (SSSR count). The maximum absolute atomic E-state index is 5.91. The van der Waals surface area contributed by atoms with Gasteiger partial charge in [0.1, 0.15) is 12.4 Å². The molecule has 0 amide bonds. The van der Waals surface area contributed by atoms with Crippen LogP contribution in [0.5, 0.6) is 5.75 Å². The average Bonchev–Trinajstić information content (AvgIpc) is 2.54. The molecule has 0 unspecified atom stereocenters. The summed E-state index contributed by atoms with van der Waals surface area (Å²) >= 11 is 0. The van der Waals surface area contributed by atoms with Crippen molar-refractivity contribution in [1.82, 2.24) is 9.88 Å². The molecule has 2 aromatic carbocycles. The second-order valence-electron chi connectivity index (χ2n) is 6.40. The summed E-state index contributed by atoms with van der Waals surface area (Å²) in [6, 6.07) is 16.8. The first-order valence-corrected chi connectivity index (χ1v) is 8.34. The van der Waals surface area contributed by atoms with Gasteiger partial charge in [0, 0.05) is 24.7 Å². The fraction of sp³-hybridized carbons (Fsp3) is 0.286. The van der Waals surface area contributed by atoms with Crippen molar-refractivity contribution < 1.29 is 4.74 Å². The van der Waals surface area contributed by atoms with Crippen molar-refractivity contribution in [2.45, 2.75) is 20.4 Å². The summed E-state index contributed by atoms with van der Waals surface area (Å²) in [5.41, 5.74) is 4.81. The fourth-order valence-electron chi connectivity index (χ4n) is 3.00. The molecule has 3 heteroatoms. The van der Waals surface area contributed by atoms with Gasteiger partial charge >= 0.3 is 0 Å². The quantitative estimate of drug-likeness (QED) is 0.674. The topological polar surface area (TPSA) is 25.4 Å². The van der Waals surface area contributed by atoms with Gasteiger partial charge in [0.2, 0.25) is 0 Å². The molecular formula is C21H24N2O. The third kappa shape index (κ3) is 4.12. The monoisotopic (exact) mass is 320 g/mol. The molecule has 0 aliphatic carbocycles. The minimum absolute atomic E-state index is 0.678. The van der Waals surface area contributed by atoms with E-state index in [1.807, 2.05) is 12.3 Å². The minimum atomic E-state index is 0.678. The Morgan fingerprint density at radius 1 is 1.00 bits per heavy atom. The number of aryl methyl sites for hydroxylation is 2. The summed E-state index contributed by atoms with van der Waals surface area (Å²) in [6.45, 7) is 6.61. The summed E-state index contributed by atoms with van der Waals surface area (Å²) < 4.78 is 5.91. The van der Waals surface area contributed by atoms with Gasteiger partial charge in [-0.3, -0.25) is 9.88 Å². The van der Waals surface area contributed by atoms with Crippen LogP contribution in [0.15, 0.2) is 54.7 Å². The van der Waals surface area contributed by atoms with Crippen LogP contribution in [-0.4, -0.2) is 30.1 Å². The molecule has 3 aromatic rings. The number of para-hydroxylation sites is 1. The van der Waals surface area contributed by atoms with Crippen molar-refractivity contribution in [3.05, 3.63) is 71.4 Å². The van der Waals surface area contributed by atoms with E-state index < -0.39 is 0 Å². The molecule has 124 valence electrons. The highest BCUT2D eigenvalue weighted by atomic mass is 16.5. The van der Waals surface area contributed by atoms with E-state index in [0.29, 0.717) is 6.61 Å². The second kappa shape index (κ2) is 7.45. The van der Waals surface area contributed by atoms with Crippen molar-refractivity contribution in [2.75, 3.05) is 20.2 Å². The summed E-state index contributed by atoms with van der Waals surface area (Å²) in [5, 5.41) is 1.19. The molecule has 1 heterocycles. The highest BCUT2D eigenvalue weighted by molar-refractivity contribution is 5.81. The fourth-order valence-corrected chi connectivity index (χ4v) is 3.00. The van der Waals surface area contributed by atoms with E-state index in [0.717, 1.165) is 24.4 Å². The van der Waals surface area contributed by atoms with Crippen LogP contribution in [0, 0.1) is 13.8 Å². The Kier molecular flexibility index (Phi) is 5.11. The van der Waals surface area contributed by atoms with Crippen LogP contribution in [0.3, 0.4) is 0 Å². The van der Waals surface area contributed by atoms with Gasteiger partial charge in [0.25, 0.3) is 0 Å². The Labute approximate surface area is 143 Å². The predicted molar refractivity (Wildman–Crippen MR) is 99.5 cm³/mol. The van der Waals surface area contributed by atoms with Gasteiger partial charge < -0.3 is 4.74 Å². The maximum Gasteiger partial charge on any atom is 0.119 e. The number of nitrogens with zero attached hydrogens (tertiary/aromatic N) is 2. The summed E-state index contributed by atoms with van der Waals surface area (Å²) in [7, 11) is 2.12. The SMILES string of the molecule is Cc1cc(C)cc(OCCN(C)Cc2cccc3cccnc23)c1. The van der Waals surface area contributed by atoms with Gasteiger partial charge in [-0.15, -0.1) is 0 Å². The van der Waals surface area contributed by atoms with Crippen LogP contribution in [0.4, 0.5) is 0 Å². The molecule has 0 radical (unpaired) electrons. The first-order chi connectivity index (χ1) is 11.6. The van der Waals surface area contributed by atoms with E-state index in [2.05, 4.69) is 73.2 Å². The molecule has 0 fully saturated rings. The zero-order valence-electron chi connectivity index (χ0n) is 14.6. The Balaban J connectivity index is 1.58. The van der Waals surface area contributed by atoms with Crippen LogP contribution < -0.4 is 4.74 Å². The molecule has 0 bridgehead atoms. The first-order valence-electron chi connectivity index (χ1n) is 8.34. The van der Waals surface area contributed by atoms with Crippen LogP contribution in [0.25, 0.3) is 10.9 Å². The summed E-state index contributed by atoms with van der Waals surface area (Å²) in [5.74, 6) is 0.952. The van der Waals surface area contributed by atoms with Crippen molar-refractivity contribution in [2.24, 2.45) is 0 Å². The molecule has 24 heavy (non-hydrogen) atoms. The number of aromatic nitrogens is 1. The van der Waals surface area contributed by atoms with Gasteiger partial charge in [-0.2, -0.15) is 0 Å². The number of likely N-dealkylation sites (N-methyl/N-ethyl adjacent to an activating group) is 1. The Bertz CT molecular complexity index is 803. The summed E-state index contributed by atoms with van der Waals surface area (Å²) in [4.78, 5) is 6.79. The molecule has 3 nitrogen and oxygen atoms in total. The number of ether oxygens (including phenoxy) is 1. The zero-order valence-corrected chi connectivity index (χ0v) is 14.6. The highest BCUT2D eigenvalue weighted by Gasteiger charge is 2.06. The Hall–Kier alpha value is -2.39. The van der Waals surface area contributed by atoms with Crippen molar-refractivity contribution >= 4 is 10.9 Å². The molecule has 0 aliphatic rings. The van der Waals surface area contributed by atoms with E-state index in [4.69, 9.17) is 4.74 Å². The van der Waals surface area contributed by atoms with Crippen LogP contribution >= 0.6 is 0 Å². The maximum atomic E-state index is 5.91. The van der Waals surface area contributed by atoms with Crippen LogP contribution in [0.2, 0.25) is 0 Å². The smallest absolute Gasteiger partial charge is 0.119 e. The number of benzene rings is 2. The van der Waals surface area contributed by atoms with E-state index in [-0.39, 0.29) is 0 Å². The van der Waals surface area contributed by atoms with Crippen molar-refractivity contribution in [3.8, 4) is 5.75 Å². The predicted octanol–water partition coefficient (Wildman–Crippen LogP) is 4.36. The van der Waals surface area contributed by atoms with E-state index in [9.17, 15) is 0 Å². The van der Waals surface area contributed by atoms with Gasteiger partial charge in [0.05, 0.1) is 5.52 Å². The van der Waals surface area contributed by atoms with Crippen LogP contribution in [-0.2, 0) is 6.54 Å². The molecule has 0 saturated carbocycles. The third-order valence-corrected chi connectivity index (χ3v) is 4.09. The molecule has 0 aliphatic heterocycles. The number of rotatable bonds is 6. The lowest BCUT2D eigenvalue weighted by Gasteiger charge is -2.18. The first kappa shape index (κ1) is 16.5. The average molecular weight is 320 g/mol. The van der Waals surface area contributed by atoms with Crippen LogP contribution in [0.1, 0.15) is 16.7 Å². The number of hydrogen-bond acceptors (Lipinski definition) is 3. The second-order valence-corrected chi connectivity index (χ2v) is 6.40. The summed E-state index contributed by atoms with van der Waals surface area (Å²) in [6.07, 6.45) is 1.86. The lowest BCUT2D eigenvalue weighted by molar-refractivity contribution is 0.233. The van der Waals surface area contributed by atoms with Gasteiger partial charge in [-0.05, 0) is 55.8 Å². The Morgan fingerprint density at radius 3 is 2.54 bits per heavy atom. The van der Waals surface area contributed by atoms with Gasteiger partial charge in [0.15, 0.2) is 0 Å². The molecule has 1 aromatic heterocycles. The van der Waals surface area contributed by atoms with Crippen molar-refractivity contribution in [3.63, 3.8) is 0 Å². The minimum Gasteiger partial charge on any atom is -0.492 e. The number of fused-ring (bicyclic) bond motifs is 1. The van der Waals surface area contributed by atoms with Crippen molar-refractivity contribution in [1.29, 1.82) is 0 Å². The molecule has 0 saturated heterocycles. The lowest BCUT2D eigenvalue weighted by atomic mass is 10.1. The molecular weight excluding hydrogens is 296 g/mol. The number of hydrogen-bond donors (Lipinski definition) is 0. The lowest BCUT2D eigenvalue weighted by Crippen LogP contribution is -2.24. The van der Waals surface area contributed by atoms with Gasteiger partial charge in [-0.1, -0.05) is 30.3 Å². The zero-order chi connectivity index (χ0) is 16.9. The standard InChI is InChI=1S/C21H24N2O/c1-16-12-17(2)14-20(13-16)24-11-10-23(3)15-19-7-4-6-18-8-5-9-22-21(18)19/h4-9,12-14H,10-11,15H2,1-3H3. The normalized spacial score (nSPS) is 11.2. The van der Waals surface area contributed by atoms with E-state index >= 15 is 0 Å². The molecule has 0 N–H and O–H groups in total. The molecule has 0 atom stereocenters. The molecule has 0 spiro atoms. The van der Waals surface area contributed by atoms with E-state index in [1.54, 1.807) is 0 Å². The number of pyridine rings is 1. The van der Waals surface area contributed by atoms with Gasteiger partial charge in [-0.25, -0.2) is 0 Å². The third-order valence-electron chi connectivity index (χ3n) is 4.09. The Morgan fingerprint density at radius 2 is 1.75 bits per heavy atom. The van der Waals surface area contributed by atoms with E-state index in [1.165, 1.54) is 22.1 Å². The highest BCUT2D eigenvalue weighted by Crippen LogP contribution is 2.18. The largest absolute Gasteiger partial charge is 0.492 e.